The molecule has 0 saturated carbocycles. The lowest BCUT2D eigenvalue weighted by atomic mass is 10.1. The molecule has 3 heterocycles. The van der Waals surface area contributed by atoms with Gasteiger partial charge < -0.3 is 9.47 Å². The van der Waals surface area contributed by atoms with Crippen LogP contribution in [-0.4, -0.2) is 60.6 Å². The largest absolute Gasteiger partial charge is 0.454 e. The molecule has 35 heavy (non-hydrogen) atoms. The molecule has 0 unspecified atom stereocenters. The molecule has 0 spiro atoms. The average molecular weight is 470 g/mol. The number of nitrogens with zero attached hydrogens (tertiary/aromatic N) is 3. The highest BCUT2D eigenvalue weighted by Gasteiger charge is 2.43. The fourth-order valence-corrected chi connectivity index (χ4v) is 5.14. The van der Waals surface area contributed by atoms with Gasteiger partial charge >= 0.3 is 0 Å². The summed E-state index contributed by atoms with van der Waals surface area (Å²) < 4.78 is 10.9. The maximum absolute atomic E-state index is 13.3. The minimum Gasteiger partial charge on any atom is -0.454 e. The summed E-state index contributed by atoms with van der Waals surface area (Å²) in [6.07, 6.45) is 0.238. The molecule has 0 aliphatic carbocycles. The average Bonchev–Trinajstić information content (AvgIpc) is 3.48. The molecule has 3 aromatic rings. The molecule has 3 aromatic carbocycles. The van der Waals surface area contributed by atoms with Gasteiger partial charge in [0, 0.05) is 32.7 Å². The Labute approximate surface area is 204 Å². The van der Waals surface area contributed by atoms with Crippen LogP contribution in [0.3, 0.4) is 0 Å². The number of carbonyl (C=O) groups excluding carboxylic acids is 2. The molecule has 0 radical (unpaired) electrons. The van der Waals surface area contributed by atoms with Crippen LogP contribution in [0, 0.1) is 0 Å². The molecule has 2 fully saturated rings. The van der Waals surface area contributed by atoms with E-state index in [-0.39, 0.29) is 31.1 Å². The van der Waals surface area contributed by atoms with Crippen molar-refractivity contribution in [1.29, 1.82) is 0 Å². The van der Waals surface area contributed by atoms with E-state index in [9.17, 15) is 9.59 Å². The first-order valence-electron chi connectivity index (χ1n) is 12.0. The molecular weight excluding hydrogens is 442 g/mol. The van der Waals surface area contributed by atoms with Gasteiger partial charge in [0.05, 0.1) is 18.2 Å². The van der Waals surface area contributed by atoms with Crippen LogP contribution in [0.1, 0.15) is 12.0 Å². The predicted molar refractivity (Wildman–Crippen MR) is 132 cm³/mol. The minimum absolute atomic E-state index is 0.119. The van der Waals surface area contributed by atoms with Crippen molar-refractivity contribution in [2.24, 2.45) is 0 Å². The van der Waals surface area contributed by atoms with E-state index in [0.29, 0.717) is 5.69 Å². The normalized spacial score (nSPS) is 20.6. The maximum atomic E-state index is 13.3. The van der Waals surface area contributed by atoms with Gasteiger partial charge in [0.25, 0.3) is 5.91 Å². The number of hydrogen-bond donors (Lipinski definition) is 0. The molecule has 0 bridgehead atoms. The van der Waals surface area contributed by atoms with E-state index in [4.69, 9.17) is 9.47 Å². The van der Waals surface area contributed by atoms with Crippen molar-refractivity contribution in [1.82, 2.24) is 9.80 Å². The van der Waals surface area contributed by atoms with E-state index in [0.717, 1.165) is 55.3 Å². The number of hydrogen-bond acceptors (Lipinski definition) is 6. The molecule has 6 rings (SSSR count). The van der Waals surface area contributed by atoms with Crippen LogP contribution in [0.2, 0.25) is 0 Å². The Bertz CT molecular complexity index is 1240. The minimum atomic E-state index is -0.385. The van der Waals surface area contributed by atoms with Gasteiger partial charge in [-0.1, -0.05) is 48.5 Å². The number of rotatable bonds is 5. The molecule has 7 nitrogen and oxygen atoms in total. The lowest BCUT2D eigenvalue weighted by molar-refractivity contribution is -0.123. The van der Waals surface area contributed by atoms with Gasteiger partial charge in [0.15, 0.2) is 11.5 Å². The third kappa shape index (κ3) is 4.29. The highest BCUT2D eigenvalue weighted by Crippen LogP contribution is 2.33. The Balaban J connectivity index is 1.08. The highest BCUT2D eigenvalue weighted by atomic mass is 16.7. The number of piperazine rings is 1. The second-order valence-corrected chi connectivity index (χ2v) is 9.20. The molecule has 3 aliphatic heterocycles. The fraction of sp³-hybridized carbons (Fsp3) is 0.286. The van der Waals surface area contributed by atoms with Crippen molar-refractivity contribution >= 4 is 17.5 Å². The SMILES string of the molecule is O=C1C[C@H](N2CCN(Cc3ccc4c(c3)OCO4)CC2)C(=O)N1c1ccc(-c2ccccc2)cc1. The number of ether oxygens (including phenoxy) is 2. The lowest BCUT2D eigenvalue weighted by Crippen LogP contribution is -2.52. The van der Waals surface area contributed by atoms with Gasteiger partial charge in [0.2, 0.25) is 12.7 Å². The Morgan fingerprint density at radius 1 is 0.771 bits per heavy atom. The monoisotopic (exact) mass is 469 g/mol. The summed E-state index contributed by atoms with van der Waals surface area (Å²) in [7, 11) is 0. The summed E-state index contributed by atoms with van der Waals surface area (Å²) in [5.74, 6) is 1.34. The van der Waals surface area contributed by atoms with E-state index < -0.39 is 0 Å². The van der Waals surface area contributed by atoms with Crippen LogP contribution in [-0.2, 0) is 16.1 Å². The Hall–Kier alpha value is -3.68. The zero-order valence-corrected chi connectivity index (χ0v) is 19.4. The first-order valence-corrected chi connectivity index (χ1v) is 12.0. The first kappa shape index (κ1) is 21.8. The Morgan fingerprint density at radius 3 is 2.26 bits per heavy atom. The van der Waals surface area contributed by atoms with Crippen LogP contribution in [0.5, 0.6) is 11.5 Å². The topological polar surface area (TPSA) is 62.3 Å². The zero-order valence-electron chi connectivity index (χ0n) is 19.4. The number of anilines is 1. The Kier molecular flexibility index (Phi) is 5.72. The number of imide groups is 1. The van der Waals surface area contributed by atoms with E-state index in [1.165, 1.54) is 10.5 Å². The van der Waals surface area contributed by atoms with Crippen molar-refractivity contribution in [3.05, 3.63) is 78.4 Å². The highest BCUT2D eigenvalue weighted by molar-refractivity contribution is 6.22. The summed E-state index contributed by atoms with van der Waals surface area (Å²) in [5, 5.41) is 0. The van der Waals surface area contributed by atoms with Gasteiger partial charge in [-0.25, -0.2) is 4.90 Å². The van der Waals surface area contributed by atoms with Gasteiger partial charge in [-0.2, -0.15) is 0 Å². The number of fused-ring (bicyclic) bond motifs is 1. The van der Waals surface area contributed by atoms with Gasteiger partial charge in [-0.3, -0.25) is 19.4 Å². The van der Waals surface area contributed by atoms with Crippen molar-refractivity contribution in [3.8, 4) is 22.6 Å². The summed E-state index contributed by atoms with van der Waals surface area (Å²) in [6, 6.07) is 23.4. The van der Waals surface area contributed by atoms with Gasteiger partial charge in [-0.05, 0) is 41.0 Å². The van der Waals surface area contributed by atoms with Crippen molar-refractivity contribution in [2.75, 3.05) is 37.9 Å². The lowest BCUT2D eigenvalue weighted by Gasteiger charge is -2.37. The zero-order chi connectivity index (χ0) is 23.8. The van der Waals surface area contributed by atoms with Crippen molar-refractivity contribution < 1.29 is 19.1 Å². The number of carbonyl (C=O) groups is 2. The fourth-order valence-electron chi connectivity index (χ4n) is 5.14. The van der Waals surface area contributed by atoms with E-state index in [1.54, 1.807) is 0 Å². The van der Waals surface area contributed by atoms with E-state index in [1.807, 2.05) is 66.7 Å². The summed E-state index contributed by atoms with van der Waals surface area (Å²) in [6.45, 7) is 4.31. The molecular formula is C28H27N3O4. The summed E-state index contributed by atoms with van der Waals surface area (Å²) >= 11 is 0. The van der Waals surface area contributed by atoms with Crippen molar-refractivity contribution in [3.63, 3.8) is 0 Å². The van der Waals surface area contributed by atoms with Crippen LogP contribution in [0.15, 0.2) is 72.8 Å². The first-order chi connectivity index (χ1) is 17.2. The Morgan fingerprint density at radius 2 is 1.49 bits per heavy atom. The second kappa shape index (κ2) is 9.17. The molecule has 1 atom stereocenters. The predicted octanol–water partition coefficient (Wildman–Crippen LogP) is 3.53. The van der Waals surface area contributed by atoms with Crippen molar-refractivity contribution in [2.45, 2.75) is 19.0 Å². The second-order valence-electron chi connectivity index (χ2n) is 9.20. The molecule has 2 amide bonds. The number of benzene rings is 3. The summed E-state index contributed by atoms with van der Waals surface area (Å²) in [4.78, 5) is 32.0. The van der Waals surface area contributed by atoms with Crippen LogP contribution in [0.25, 0.3) is 11.1 Å². The molecule has 0 N–H and O–H groups in total. The van der Waals surface area contributed by atoms with E-state index in [2.05, 4.69) is 15.9 Å². The third-order valence-electron chi connectivity index (χ3n) is 7.05. The number of amides is 2. The maximum Gasteiger partial charge on any atom is 0.251 e. The van der Waals surface area contributed by atoms with Gasteiger partial charge in [-0.15, -0.1) is 0 Å². The molecule has 7 heteroatoms. The van der Waals surface area contributed by atoms with Crippen LogP contribution in [0.4, 0.5) is 5.69 Å². The summed E-state index contributed by atoms with van der Waals surface area (Å²) in [5.41, 5.74) is 3.99. The standard InChI is InChI=1S/C28H27N3O4/c32-27-17-24(28(33)31(27)23-9-7-22(8-10-23)21-4-2-1-3-5-21)30-14-12-29(13-15-30)18-20-6-11-25-26(16-20)35-19-34-25/h1-11,16,24H,12-15,17-19H2/t24-/m0/s1. The quantitative estimate of drug-likeness (QED) is 0.533. The third-order valence-corrected chi connectivity index (χ3v) is 7.05. The van der Waals surface area contributed by atoms with Crippen LogP contribution < -0.4 is 14.4 Å². The van der Waals surface area contributed by atoms with E-state index >= 15 is 0 Å². The van der Waals surface area contributed by atoms with Crippen LogP contribution >= 0.6 is 0 Å². The molecule has 2 saturated heterocycles. The molecule has 3 aliphatic rings. The smallest absolute Gasteiger partial charge is 0.251 e. The van der Waals surface area contributed by atoms with Gasteiger partial charge in [0.1, 0.15) is 0 Å². The molecule has 178 valence electrons. The molecule has 0 aromatic heterocycles.